The van der Waals surface area contributed by atoms with Gasteiger partial charge in [-0.15, -0.1) is 0 Å². The van der Waals surface area contributed by atoms with E-state index in [1.54, 1.807) is 12.4 Å². The van der Waals surface area contributed by atoms with E-state index in [0.717, 1.165) is 28.8 Å². The van der Waals surface area contributed by atoms with E-state index < -0.39 is 0 Å². The van der Waals surface area contributed by atoms with Crippen LogP contribution in [0.1, 0.15) is 12.5 Å². The molecular formula is C16H16N4. The van der Waals surface area contributed by atoms with Gasteiger partial charge in [-0.05, 0) is 29.7 Å². The minimum Gasteiger partial charge on any atom is -0.382 e. The van der Waals surface area contributed by atoms with Crippen LogP contribution in [0.3, 0.4) is 0 Å². The Kier molecular flexibility index (Phi) is 3.21. The first-order valence-corrected chi connectivity index (χ1v) is 6.63. The predicted octanol–water partition coefficient (Wildman–Crippen LogP) is 3.28. The molecule has 3 N–H and O–H groups in total. The molecule has 0 bridgehead atoms. The van der Waals surface area contributed by atoms with Gasteiger partial charge in [0.1, 0.15) is 0 Å². The highest BCUT2D eigenvalue weighted by molar-refractivity contribution is 5.87. The first-order chi connectivity index (χ1) is 9.79. The fourth-order valence-electron chi connectivity index (χ4n) is 2.28. The number of pyridine rings is 1. The maximum absolute atomic E-state index is 6.00. The van der Waals surface area contributed by atoms with Crippen molar-refractivity contribution in [1.82, 2.24) is 15.2 Å². The minimum atomic E-state index is 0.505. The summed E-state index contributed by atoms with van der Waals surface area (Å²) in [6.45, 7) is 2.14. The number of H-pyrrole nitrogens is 1. The minimum absolute atomic E-state index is 0.505. The smallest absolute Gasteiger partial charge is 0.153 e. The van der Waals surface area contributed by atoms with Crippen molar-refractivity contribution >= 4 is 5.82 Å². The standard InChI is InChI=1S/C16H16N4/c1-2-11-3-5-13(6-4-11)15-14(16(17)20-19-15)12-7-9-18-10-8-12/h3-10H,2H2,1H3,(H3,17,19,20). The summed E-state index contributed by atoms with van der Waals surface area (Å²) < 4.78 is 0. The third-order valence-corrected chi connectivity index (χ3v) is 3.41. The molecule has 3 rings (SSSR count). The van der Waals surface area contributed by atoms with Crippen molar-refractivity contribution in [1.29, 1.82) is 0 Å². The molecule has 4 nitrogen and oxygen atoms in total. The van der Waals surface area contributed by atoms with Crippen LogP contribution in [0, 0.1) is 0 Å². The zero-order valence-electron chi connectivity index (χ0n) is 11.3. The van der Waals surface area contributed by atoms with Crippen LogP contribution in [0.4, 0.5) is 5.82 Å². The number of nitrogen functional groups attached to an aromatic ring is 1. The average Bonchev–Trinajstić information content (AvgIpc) is 2.90. The van der Waals surface area contributed by atoms with Gasteiger partial charge in [-0.2, -0.15) is 5.10 Å². The number of rotatable bonds is 3. The molecule has 0 spiro atoms. The quantitative estimate of drug-likeness (QED) is 0.762. The van der Waals surface area contributed by atoms with Crippen LogP contribution in [0.25, 0.3) is 22.4 Å². The first-order valence-electron chi connectivity index (χ1n) is 6.63. The second-order valence-corrected chi connectivity index (χ2v) is 4.65. The van der Waals surface area contributed by atoms with Crippen LogP contribution in [0.5, 0.6) is 0 Å². The predicted molar refractivity (Wildman–Crippen MR) is 81.0 cm³/mol. The van der Waals surface area contributed by atoms with Gasteiger partial charge in [-0.3, -0.25) is 10.1 Å². The molecule has 100 valence electrons. The Morgan fingerprint density at radius 1 is 1.00 bits per heavy atom. The van der Waals surface area contributed by atoms with Crippen molar-refractivity contribution in [2.24, 2.45) is 0 Å². The first kappa shape index (κ1) is 12.4. The van der Waals surface area contributed by atoms with Gasteiger partial charge >= 0.3 is 0 Å². The highest BCUT2D eigenvalue weighted by atomic mass is 15.2. The lowest BCUT2D eigenvalue weighted by atomic mass is 10.0. The van der Waals surface area contributed by atoms with Crippen LogP contribution in [0.2, 0.25) is 0 Å². The molecule has 2 aromatic heterocycles. The lowest BCUT2D eigenvalue weighted by molar-refractivity contribution is 1.10. The Labute approximate surface area is 117 Å². The highest BCUT2D eigenvalue weighted by Crippen LogP contribution is 2.34. The van der Waals surface area contributed by atoms with Gasteiger partial charge in [0.15, 0.2) is 5.82 Å². The largest absolute Gasteiger partial charge is 0.382 e. The molecule has 0 radical (unpaired) electrons. The summed E-state index contributed by atoms with van der Waals surface area (Å²) in [4.78, 5) is 4.04. The van der Waals surface area contributed by atoms with Crippen LogP contribution in [0.15, 0.2) is 48.8 Å². The van der Waals surface area contributed by atoms with E-state index in [0.29, 0.717) is 5.82 Å². The Morgan fingerprint density at radius 2 is 1.70 bits per heavy atom. The summed E-state index contributed by atoms with van der Waals surface area (Å²) in [5.41, 5.74) is 11.3. The van der Waals surface area contributed by atoms with Gasteiger partial charge in [0, 0.05) is 18.0 Å². The van der Waals surface area contributed by atoms with E-state index in [9.17, 15) is 0 Å². The molecule has 0 saturated carbocycles. The maximum Gasteiger partial charge on any atom is 0.153 e. The second-order valence-electron chi connectivity index (χ2n) is 4.65. The third kappa shape index (κ3) is 2.16. The van der Waals surface area contributed by atoms with Crippen LogP contribution < -0.4 is 5.73 Å². The number of anilines is 1. The Hall–Kier alpha value is -2.62. The SMILES string of the molecule is CCc1ccc(-c2[nH]nc(N)c2-c2ccncc2)cc1. The van der Waals surface area contributed by atoms with E-state index in [-0.39, 0.29) is 0 Å². The topological polar surface area (TPSA) is 67.6 Å². The lowest BCUT2D eigenvalue weighted by Crippen LogP contribution is -1.89. The summed E-state index contributed by atoms with van der Waals surface area (Å²) in [6, 6.07) is 12.3. The second kappa shape index (κ2) is 5.17. The molecule has 3 aromatic rings. The van der Waals surface area contributed by atoms with Crippen molar-refractivity contribution in [2.45, 2.75) is 13.3 Å². The molecule has 0 aliphatic carbocycles. The molecule has 0 amide bonds. The van der Waals surface area contributed by atoms with Crippen LogP contribution >= 0.6 is 0 Å². The van der Waals surface area contributed by atoms with Crippen molar-refractivity contribution in [2.75, 3.05) is 5.73 Å². The molecule has 0 unspecified atom stereocenters. The zero-order chi connectivity index (χ0) is 13.9. The fourth-order valence-corrected chi connectivity index (χ4v) is 2.28. The summed E-state index contributed by atoms with van der Waals surface area (Å²) in [7, 11) is 0. The zero-order valence-corrected chi connectivity index (χ0v) is 11.3. The van der Waals surface area contributed by atoms with Crippen molar-refractivity contribution in [3.8, 4) is 22.4 Å². The van der Waals surface area contributed by atoms with Crippen LogP contribution in [-0.2, 0) is 6.42 Å². The number of hydrogen-bond donors (Lipinski definition) is 2. The monoisotopic (exact) mass is 264 g/mol. The molecule has 1 aromatic carbocycles. The molecule has 0 saturated heterocycles. The van der Waals surface area contributed by atoms with Crippen molar-refractivity contribution in [3.05, 3.63) is 54.4 Å². The number of aromatic amines is 1. The van der Waals surface area contributed by atoms with Crippen LogP contribution in [-0.4, -0.2) is 15.2 Å². The van der Waals surface area contributed by atoms with Crippen molar-refractivity contribution in [3.63, 3.8) is 0 Å². The number of nitrogens with one attached hydrogen (secondary N) is 1. The molecule has 0 atom stereocenters. The van der Waals surface area contributed by atoms with Gasteiger partial charge < -0.3 is 5.73 Å². The molecule has 4 heteroatoms. The summed E-state index contributed by atoms with van der Waals surface area (Å²) in [5, 5.41) is 7.18. The van der Waals surface area contributed by atoms with E-state index in [2.05, 4.69) is 46.4 Å². The molecular weight excluding hydrogens is 248 g/mol. The Balaban J connectivity index is 2.11. The molecule has 20 heavy (non-hydrogen) atoms. The van der Waals surface area contributed by atoms with Crippen molar-refractivity contribution < 1.29 is 0 Å². The number of benzene rings is 1. The van der Waals surface area contributed by atoms with Gasteiger partial charge in [0.05, 0.1) is 11.3 Å². The third-order valence-electron chi connectivity index (χ3n) is 3.41. The molecule has 0 fully saturated rings. The molecule has 0 aliphatic rings. The summed E-state index contributed by atoms with van der Waals surface area (Å²) in [6.07, 6.45) is 4.54. The Bertz CT molecular complexity index is 699. The normalized spacial score (nSPS) is 10.7. The van der Waals surface area contributed by atoms with Gasteiger partial charge in [-0.25, -0.2) is 0 Å². The van der Waals surface area contributed by atoms with E-state index in [4.69, 9.17) is 5.73 Å². The van der Waals surface area contributed by atoms with E-state index >= 15 is 0 Å². The number of aryl methyl sites for hydroxylation is 1. The lowest BCUT2D eigenvalue weighted by Gasteiger charge is -2.05. The van der Waals surface area contributed by atoms with E-state index in [1.165, 1.54) is 5.56 Å². The van der Waals surface area contributed by atoms with Gasteiger partial charge in [0.2, 0.25) is 0 Å². The Morgan fingerprint density at radius 3 is 2.35 bits per heavy atom. The number of nitrogens with two attached hydrogens (primary N) is 1. The number of nitrogens with zero attached hydrogens (tertiary/aromatic N) is 2. The molecule has 2 heterocycles. The van der Waals surface area contributed by atoms with Gasteiger partial charge in [0.25, 0.3) is 0 Å². The number of hydrogen-bond acceptors (Lipinski definition) is 3. The summed E-state index contributed by atoms with van der Waals surface area (Å²) >= 11 is 0. The average molecular weight is 264 g/mol. The maximum atomic E-state index is 6.00. The molecule has 0 aliphatic heterocycles. The summed E-state index contributed by atoms with van der Waals surface area (Å²) in [5.74, 6) is 0.505. The van der Waals surface area contributed by atoms with Gasteiger partial charge in [-0.1, -0.05) is 31.2 Å². The van der Waals surface area contributed by atoms with E-state index in [1.807, 2.05) is 12.1 Å². The highest BCUT2D eigenvalue weighted by Gasteiger charge is 2.14. The number of aromatic nitrogens is 3. The fraction of sp³-hybridized carbons (Fsp3) is 0.125.